The van der Waals surface area contributed by atoms with Crippen LogP contribution in [0.25, 0.3) is 10.9 Å². The molecule has 0 saturated carbocycles. The molecule has 2 aromatic carbocycles. The summed E-state index contributed by atoms with van der Waals surface area (Å²) >= 11 is 6.43. The Morgan fingerprint density at radius 2 is 2.03 bits per heavy atom. The Morgan fingerprint density at radius 1 is 1.23 bits per heavy atom. The van der Waals surface area contributed by atoms with Gasteiger partial charge in [0.1, 0.15) is 17.0 Å². The zero-order chi connectivity index (χ0) is 21.7. The number of amides is 1. The van der Waals surface area contributed by atoms with Crippen LogP contribution in [0.4, 0.5) is 0 Å². The number of phenols is 1. The van der Waals surface area contributed by atoms with E-state index in [1.54, 1.807) is 48.7 Å². The van der Waals surface area contributed by atoms with Crippen LogP contribution in [0.15, 0.2) is 48.7 Å². The fraction of sp³-hybridized carbons (Fsp3) is 0.227. The molecule has 1 heterocycles. The number of carbonyl (C=O) groups excluding carboxylic acids is 1. The molecule has 1 aromatic heterocycles. The first-order valence-corrected chi connectivity index (χ1v) is 9.78. The molecule has 0 bridgehead atoms. The molecule has 1 atom stereocenters. The van der Waals surface area contributed by atoms with Crippen LogP contribution in [-0.2, 0) is 9.59 Å². The number of fused-ring (bicyclic) bond motifs is 1. The van der Waals surface area contributed by atoms with Gasteiger partial charge in [0.05, 0.1) is 11.1 Å². The molecule has 1 amide bonds. The number of aliphatic carboxylic acids is 1. The molecule has 7 nitrogen and oxygen atoms in total. The first-order valence-electron chi connectivity index (χ1n) is 9.40. The van der Waals surface area contributed by atoms with Gasteiger partial charge in [-0.05, 0) is 42.3 Å². The van der Waals surface area contributed by atoms with Crippen LogP contribution >= 0.6 is 11.6 Å². The van der Waals surface area contributed by atoms with E-state index < -0.39 is 18.6 Å². The summed E-state index contributed by atoms with van der Waals surface area (Å²) in [7, 11) is 0. The van der Waals surface area contributed by atoms with Gasteiger partial charge in [-0.15, -0.1) is 0 Å². The maximum Gasteiger partial charge on any atom is 0.341 e. The number of hydrogen-bond acceptors (Lipinski definition) is 5. The van der Waals surface area contributed by atoms with Crippen molar-refractivity contribution in [1.29, 1.82) is 0 Å². The summed E-state index contributed by atoms with van der Waals surface area (Å²) in [6, 6.07) is 11.0. The topological polar surface area (TPSA) is 109 Å². The zero-order valence-corrected chi connectivity index (χ0v) is 17.0. The fourth-order valence-electron chi connectivity index (χ4n) is 3.16. The second kappa shape index (κ2) is 9.45. The number of nitrogens with one attached hydrogen (secondary N) is 1. The molecule has 0 spiro atoms. The normalized spacial score (nSPS) is 11.8. The number of carboxylic acids is 1. The average molecular weight is 429 g/mol. The highest BCUT2D eigenvalue weighted by Crippen LogP contribution is 2.39. The number of phenolic OH excluding ortho intramolecular Hbond substituents is 1. The number of carboxylic acid groups (broad SMARTS) is 1. The minimum absolute atomic E-state index is 0.0892. The quantitative estimate of drug-likeness (QED) is 0.499. The zero-order valence-electron chi connectivity index (χ0n) is 16.3. The molecule has 0 fully saturated rings. The van der Waals surface area contributed by atoms with E-state index in [9.17, 15) is 14.7 Å². The molecule has 3 aromatic rings. The Kier molecular flexibility index (Phi) is 6.74. The largest absolute Gasteiger partial charge is 0.505 e. The monoisotopic (exact) mass is 428 g/mol. The summed E-state index contributed by atoms with van der Waals surface area (Å²) in [5.41, 5.74) is 1.31. The van der Waals surface area contributed by atoms with E-state index in [1.807, 2.05) is 6.92 Å². The third-order valence-electron chi connectivity index (χ3n) is 4.49. The van der Waals surface area contributed by atoms with Gasteiger partial charge in [0.25, 0.3) is 0 Å². The molecule has 0 radical (unpaired) electrons. The molecule has 3 N–H and O–H groups in total. The third kappa shape index (κ3) is 4.80. The summed E-state index contributed by atoms with van der Waals surface area (Å²) in [5.74, 6) is -1.06. The van der Waals surface area contributed by atoms with Crippen LogP contribution in [0, 0.1) is 0 Å². The van der Waals surface area contributed by atoms with E-state index in [4.69, 9.17) is 21.4 Å². The van der Waals surface area contributed by atoms with Crippen LogP contribution < -0.4 is 10.1 Å². The molecular weight excluding hydrogens is 408 g/mol. The maximum atomic E-state index is 12.4. The lowest BCUT2D eigenvalue weighted by Gasteiger charge is -2.22. The second-order valence-corrected chi connectivity index (χ2v) is 7.11. The molecule has 8 heteroatoms. The minimum atomic E-state index is -1.10. The number of aromatic hydroxyl groups is 1. The van der Waals surface area contributed by atoms with Crippen LogP contribution in [0.2, 0.25) is 5.02 Å². The number of aromatic nitrogens is 1. The number of halogens is 1. The van der Waals surface area contributed by atoms with Crippen molar-refractivity contribution in [3.63, 3.8) is 0 Å². The molecule has 156 valence electrons. The predicted octanol–water partition coefficient (Wildman–Crippen LogP) is 4.06. The van der Waals surface area contributed by atoms with Crippen molar-refractivity contribution in [2.24, 2.45) is 0 Å². The highest BCUT2D eigenvalue weighted by atomic mass is 35.5. The number of hydrogen-bond donors (Lipinski definition) is 3. The summed E-state index contributed by atoms with van der Waals surface area (Å²) in [6.07, 6.45) is 2.52. The highest BCUT2D eigenvalue weighted by Gasteiger charge is 2.23. The van der Waals surface area contributed by atoms with Crippen LogP contribution in [0.1, 0.15) is 36.9 Å². The number of carbonyl (C=O) groups is 2. The van der Waals surface area contributed by atoms with Crippen molar-refractivity contribution < 1.29 is 24.5 Å². The van der Waals surface area contributed by atoms with E-state index in [0.29, 0.717) is 45.6 Å². The van der Waals surface area contributed by atoms with Gasteiger partial charge in [0, 0.05) is 23.6 Å². The molecule has 0 aliphatic rings. The van der Waals surface area contributed by atoms with Gasteiger partial charge in [-0.1, -0.05) is 30.7 Å². The van der Waals surface area contributed by atoms with E-state index in [1.165, 1.54) is 0 Å². The summed E-state index contributed by atoms with van der Waals surface area (Å²) < 4.78 is 5.26. The van der Waals surface area contributed by atoms with Gasteiger partial charge in [-0.25, -0.2) is 4.79 Å². The molecule has 0 saturated heterocycles. The Labute approximate surface area is 178 Å². The number of nitrogens with zero attached hydrogens (tertiary/aromatic N) is 1. The van der Waals surface area contributed by atoms with Crippen LogP contribution in [-0.4, -0.2) is 33.7 Å². The number of pyridine rings is 1. The molecule has 1 unspecified atom stereocenters. The number of benzene rings is 2. The van der Waals surface area contributed by atoms with Gasteiger partial charge >= 0.3 is 5.97 Å². The number of rotatable bonds is 8. The van der Waals surface area contributed by atoms with E-state index in [-0.39, 0.29) is 11.7 Å². The Hall–Kier alpha value is -3.32. The lowest BCUT2D eigenvalue weighted by atomic mass is 9.95. The van der Waals surface area contributed by atoms with Gasteiger partial charge in [0.2, 0.25) is 5.91 Å². The van der Waals surface area contributed by atoms with Gasteiger partial charge < -0.3 is 20.3 Å². The van der Waals surface area contributed by atoms with Crippen LogP contribution in [0.5, 0.6) is 11.5 Å². The smallest absolute Gasteiger partial charge is 0.341 e. The van der Waals surface area contributed by atoms with E-state index in [0.717, 1.165) is 0 Å². The minimum Gasteiger partial charge on any atom is -0.505 e. The van der Waals surface area contributed by atoms with Gasteiger partial charge in [-0.2, -0.15) is 0 Å². The first kappa shape index (κ1) is 21.4. The Balaban J connectivity index is 2.09. The van der Waals surface area contributed by atoms with Crippen molar-refractivity contribution in [3.8, 4) is 11.5 Å². The standard InChI is InChI=1S/C22H21ClN2O5/c1-2-5-18(26)25-20(13-6-3-7-14(10-13)30-12-19(27)28)16-11-17(23)15-8-4-9-24-21(15)22(16)29/h3-4,6-11,20,29H,2,5,12H2,1H3,(H,25,26)(H,27,28). The molecule has 0 aliphatic carbocycles. The van der Waals surface area contributed by atoms with Crippen molar-refractivity contribution in [2.45, 2.75) is 25.8 Å². The Bertz CT molecular complexity index is 1090. The van der Waals surface area contributed by atoms with Crippen molar-refractivity contribution >= 4 is 34.4 Å². The molecule has 0 aliphatic heterocycles. The summed E-state index contributed by atoms with van der Waals surface area (Å²) in [6.45, 7) is 1.40. The average Bonchev–Trinajstić information content (AvgIpc) is 2.74. The third-order valence-corrected chi connectivity index (χ3v) is 4.80. The van der Waals surface area contributed by atoms with E-state index in [2.05, 4.69) is 10.3 Å². The highest BCUT2D eigenvalue weighted by molar-refractivity contribution is 6.35. The van der Waals surface area contributed by atoms with Crippen LogP contribution in [0.3, 0.4) is 0 Å². The second-order valence-electron chi connectivity index (χ2n) is 6.70. The first-order chi connectivity index (χ1) is 14.4. The van der Waals surface area contributed by atoms with Gasteiger partial charge in [0.15, 0.2) is 6.61 Å². The van der Waals surface area contributed by atoms with E-state index >= 15 is 0 Å². The maximum absolute atomic E-state index is 12.4. The molecule has 30 heavy (non-hydrogen) atoms. The summed E-state index contributed by atoms with van der Waals surface area (Å²) in [5, 5.41) is 23.7. The predicted molar refractivity (Wildman–Crippen MR) is 113 cm³/mol. The Morgan fingerprint density at radius 3 is 2.77 bits per heavy atom. The van der Waals surface area contributed by atoms with Crippen molar-refractivity contribution in [1.82, 2.24) is 10.3 Å². The van der Waals surface area contributed by atoms with Gasteiger partial charge in [-0.3, -0.25) is 9.78 Å². The van der Waals surface area contributed by atoms with Crippen molar-refractivity contribution in [2.75, 3.05) is 6.61 Å². The lowest BCUT2D eigenvalue weighted by molar-refractivity contribution is -0.139. The number of ether oxygens (including phenoxy) is 1. The molecular formula is C22H21ClN2O5. The SMILES string of the molecule is CCCC(=O)NC(c1cccc(OCC(=O)O)c1)c1cc(Cl)c2cccnc2c1O. The lowest BCUT2D eigenvalue weighted by Crippen LogP contribution is -2.29. The molecule has 3 rings (SSSR count). The fourth-order valence-corrected chi connectivity index (χ4v) is 3.43. The summed E-state index contributed by atoms with van der Waals surface area (Å²) in [4.78, 5) is 27.4. The van der Waals surface area contributed by atoms with Crippen molar-refractivity contribution in [3.05, 3.63) is 64.8 Å².